The Labute approximate surface area is 204 Å². The summed E-state index contributed by atoms with van der Waals surface area (Å²) in [5, 5.41) is 10.4. The van der Waals surface area contributed by atoms with Crippen molar-refractivity contribution in [3.8, 4) is 0 Å². The molecule has 1 amide bonds. The predicted molar refractivity (Wildman–Crippen MR) is 132 cm³/mol. The van der Waals surface area contributed by atoms with E-state index in [-0.39, 0.29) is 11.7 Å². The second-order valence-electron chi connectivity index (χ2n) is 7.67. The molecule has 0 N–H and O–H groups in total. The number of para-hydroxylation sites is 1. The van der Waals surface area contributed by atoms with Gasteiger partial charge < -0.3 is 14.2 Å². The van der Waals surface area contributed by atoms with Gasteiger partial charge >= 0.3 is 0 Å². The molecule has 0 saturated carbocycles. The van der Waals surface area contributed by atoms with Gasteiger partial charge in [0.2, 0.25) is 11.8 Å². The van der Waals surface area contributed by atoms with Gasteiger partial charge in [0.05, 0.1) is 21.0 Å². The number of halogens is 1. The number of carbonyl (C=O) groups is 1. The molecule has 0 spiro atoms. The minimum Gasteiger partial charge on any atom is -0.416 e. The standard InChI is InChI=1S/C23H22ClN5O2S2/c24-16-4-3-5-17(14-16)28-10-12-29(13-11-28)22(30)15-32-23-27-26-20(31-23)8-9-21-25-18-6-1-2-7-19(18)33-21/h1-7,14H,8-13,15H2. The first-order valence-corrected chi connectivity index (χ1v) is 12.9. The first-order chi connectivity index (χ1) is 16.1. The van der Waals surface area contributed by atoms with Crippen LogP contribution in [0, 0.1) is 0 Å². The number of carbonyl (C=O) groups excluding carboxylic acids is 1. The first-order valence-electron chi connectivity index (χ1n) is 10.7. The summed E-state index contributed by atoms with van der Waals surface area (Å²) in [6.07, 6.45) is 1.38. The Morgan fingerprint density at radius 1 is 1.06 bits per heavy atom. The average Bonchev–Trinajstić information content (AvgIpc) is 3.47. The highest BCUT2D eigenvalue weighted by Gasteiger charge is 2.22. The fourth-order valence-electron chi connectivity index (χ4n) is 3.74. The quantitative estimate of drug-likeness (QED) is 0.345. The molecule has 2 aromatic carbocycles. The van der Waals surface area contributed by atoms with E-state index in [4.69, 9.17) is 16.0 Å². The molecule has 0 aliphatic carbocycles. The monoisotopic (exact) mass is 499 g/mol. The maximum atomic E-state index is 12.6. The summed E-state index contributed by atoms with van der Waals surface area (Å²) in [5.74, 6) is 0.941. The summed E-state index contributed by atoms with van der Waals surface area (Å²) < 4.78 is 6.91. The smallest absolute Gasteiger partial charge is 0.277 e. The molecule has 0 atom stereocenters. The molecule has 3 heterocycles. The molecule has 4 aromatic rings. The molecule has 1 fully saturated rings. The van der Waals surface area contributed by atoms with Crippen LogP contribution in [0.25, 0.3) is 10.2 Å². The molecule has 0 unspecified atom stereocenters. The number of hydrogen-bond donors (Lipinski definition) is 0. The van der Waals surface area contributed by atoms with Crippen LogP contribution in [-0.2, 0) is 17.6 Å². The Morgan fingerprint density at radius 3 is 2.73 bits per heavy atom. The lowest BCUT2D eigenvalue weighted by molar-refractivity contribution is -0.128. The van der Waals surface area contributed by atoms with Crippen molar-refractivity contribution in [3.63, 3.8) is 0 Å². The number of aryl methyl sites for hydroxylation is 2. The highest BCUT2D eigenvalue weighted by molar-refractivity contribution is 7.99. The lowest BCUT2D eigenvalue weighted by atomic mass is 10.2. The Morgan fingerprint density at radius 2 is 1.91 bits per heavy atom. The molecular formula is C23H22ClN5O2S2. The molecule has 170 valence electrons. The summed E-state index contributed by atoms with van der Waals surface area (Å²) in [4.78, 5) is 21.4. The molecule has 10 heteroatoms. The van der Waals surface area contributed by atoms with Gasteiger partial charge in [-0.25, -0.2) is 4.98 Å². The van der Waals surface area contributed by atoms with Crippen molar-refractivity contribution in [1.82, 2.24) is 20.1 Å². The number of piperazine rings is 1. The van der Waals surface area contributed by atoms with E-state index >= 15 is 0 Å². The fraction of sp³-hybridized carbons (Fsp3) is 0.304. The maximum absolute atomic E-state index is 12.6. The van der Waals surface area contributed by atoms with Crippen molar-refractivity contribution in [3.05, 3.63) is 64.5 Å². The first kappa shape index (κ1) is 22.2. The average molecular weight is 500 g/mol. The van der Waals surface area contributed by atoms with Crippen LogP contribution in [-0.4, -0.2) is 57.9 Å². The van der Waals surface area contributed by atoms with Crippen molar-refractivity contribution < 1.29 is 9.21 Å². The number of anilines is 1. The molecule has 5 rings (SSSR count). The predicted octanol–water partition coefficient (Wildman–Crippen LogP) is 4.56. The second-order valence-corrected chi connectivity index (χ2v) is 10.2. The highest BCUT2D eigenvalue weighted by atomic mass is 35.5. The van der Waals surface area contributed by atoms with E-state index in [1.54, 1.807) is 11.3 Å². The Hall–Kier alpha value is -2.62. The number of rotatable bonds is 7. The Balaban J connectivity index is 1.08. The zero-order valence-electron chi connectivity index (χ0n) is 17.8. The molecule has 33 heavy (non-hydrogen) atoms. The summed E-state index contributed by atoms with van der Waals surface area (Å²) in [7, 11) is 0. The van der Waals surface area contributed by atoms with Crippen molar-refractivity contribution in [2.45, 2.75) is 18.1 Å². The Bertz CT molecular complexity index is 1220. The van der Waals surface area contributed by atoms with Gasteiger partial charge in [-0.15, -0.1) is 21.5 Å². The third-order valence-electron chi connectivity index (χ3n) is 5.46. The molecule has 2 aromatic heterocycles. The highest BCUT2D eigenvalue weighted by Crippen LogP contribution is 2.24. The Kier molecular flexibility index (Phi) is 6.80. The fourth-order valence-corrected chi connectivity index (χ4v) is 5.57. The number of thioether (sulfide) groups is 1. The molecule has 0 bridgehead atoms. The van der Waals surface area contributed by atoms with E-state index in [1.807, 2.05) is 47.4 Å². The van der Waals surface area contributed by atoms with Gasteiger partial charge in [-0.05, 0) is 30.3 Å². The van der Waals surface area contributed by atoms with Gasteiger partial charge in [-0.1, -0.05) is 41.6 Å². The minimum atomic E-state index is 0.0833. The van der Waals surface area contributed by atoms with Crippen LogP contribution >= 0.6 is 34.7 Å². The third-order valence-corrected chi connectivity index (χ3v) is 7.60. The summed E-state index contributed by atoms with van der Waals surface area (Å²) in [5.41, 5.74) is 2.11. The van der Waals surface area contributed by atoms with Gasteiger partial charge in [-0.2, -0.15) is 0 Å². The SMILES string of the molecule is O=C(CSc1nnc(CCc2nc3ccccc3s2)o1)N1CCN(c2cccc(Cl)c2)CC1. The lowest BCUT2D eigenvalue weighted by Crippen LogP contribution is -2.49. The normalized spacial score (nSPS) is 14.2. The number of aromatic nitrogens is 3. The zero-order valence-corrected chi connectivity index (χ0v) is 20.2. The van der Waals surface area contributed by atoms with Gasteiger partial charge in [0.25, 0.3) is 5.22 Å². The topological polar surface area (TPSA) is 75.4 Å². The van der Waals surface area contributed by atoms with Crippen LogP contribution < -0.4 is 4.90 Å². The van der Waals surface area contributed by atoms with Crippen molar-refractivity contribution in [2.75, 3.05) is 36.8 Å². The van der Waals surface area contributed by atoms with E-state index in [0.29, 0.717) is 30.6 Å². The van der Waals surface area contributed by atoms with Crippen LogP contribution in [0.2, 0.25) is 5.02 Å². The molecule has 1 aliphatic heterocycles. The van der Waals surface area contributed by atoms with Crippen LogP contribution in [0.15, 0.2) is 58.2 Å². The van der Waals surface area contributed by atoms with E-state index in [2.05, 4.69) is 26.1 Å². The van der Waals surface area contributed by atoms with E-state index in [9.17, 15) is 4.79 Å². The number of thiazole rings is 1. The summed E-state index contributed by atoms with van der Waals surface area (Å²) in [6, 6.07) is 15.9. The molecule has 1 aliphatic rings. The van der Waals surface area contributed by atoms with Crippen LogP contribution in [0.1, 0.15) is 10.9 Å². The summed E-state index contributed by atoms with van der Waals surface area (Å²) >= 11 is 9.07. The second kappa shape index (κ2) is 10.1. The number of benzene rings is 2. The third kappa shape index (κ3) is 5.48. The number of fused-ring (bicyclic) bond motifs is 1. The lowest BCUT2D eigenvalue weighted by Gasteiger charge is -2.36. The van der Waals surface area contributed by atoms with Crippen LogP contribution in [0.5, 0.6) is 0 Å². The van der Waals surface area contributed by atoms with E-state index in [1.165, 1.54) is 16.5 Å². The van der Waals surface area contributed by atoms with Gasteiger partial charge in [-0.3, -0.25) is 4.79 Å². The minimum absolute atomic E-state index is 0.0833. The molecule has 0 radical (unpaired) electrons. The maximum Gasteiger partial charge on any atom is 0.277 e. The zero-order chi connectivity index (χ0) is 22.6. The van der Waals surface area contributed by atoms with Gasteiger partial charge in [0.1, 0.15) is 0 Å². The van der Waals surface area contributed by atoms with Crippen molar-refractivity contribution >= 4 is 56.5 Å². The van der Waals surface area contributed by atoms with Gasteiger partial charge in [0, 0.05) is 49.7 Å². The van der Waals surface area contributed by atoms with Crippen molar-refractivity contribution in [2.24, 2.45) is 0 Å². The van der Waals surface area contributed by atoms with E-state index < -0.39 is 0 Å². The number of nitrogens with zero attached hydrogens (tertiary/aromatic N) is 5. The van der Waals surface area contributed by atoms with Crippen molar-refractivity contribution in [1.29, 1.82) is 0 Å². The molecule has 7 nitrogen and oxygen atoms in total. The number of hydrogen-bond acceptors (Lipinski definition) is 8. The summed E-state index contributed by atoms with van der Waals surface area (Å²) in [6.45, 7) is 2.94. The van der Waals surface area contributed by atoms with Gasteiger partial charge in [0.15, 0.2) is 0 Å². The van der Waals surface area contributed by atoms with Crippen LogP contribution in [0.4, 0.5) is 5.69 Å². The van der Waals surface area contributed by atoms with E-state index in [0.717, 1.165) is 40.7 Å². The molecule has 1 saturated heterocycles. The molecular weight excluding hydrogens is 478 g/mol. The largest absolute Gasteiger partial charge is 0.416 e. The van der Waals surface area contributed by atoms with Crippen LogP contribution in [0.3, 0.4) is 0 Å². The number of amides is 1.